The molecule has 14 heavy (non-hydrogen) atoms. The summed E-state index contributed by atoms with van der Waals surface area (Å²) in [6.07, 6.45) is 0. The number of nitrogens with two attached hydrogens (primary N) is 1. The van der Waals surface area contributed by atoms with Gasteiger partial charge in [-0.25, -0.2) is 4.39 Å². The van der Waals surface area contributed by atoms with Crippen LogP contribution in [0.4, 0.5) is 4.39 Å². The molecule has 0 aliphatic rings. The van der Waals surface area contributed by atoms with Crippen LogP contribution in [0.3, 0.4) is 0 Å². The van der Waals surface area contributed by atoms with Gasteiger partial charge in [-0.05, 0) is 6.07 Å². The van der Waals surface area contributed by atoms with Gasteiger partial charge in [0.05, 0.1) is 19.2 Å². The van der Waals surface area contributed by atoms with E-state index in [1.807, 2.05) is 0 Å². The van der Waals surface area contributed by atoms with Crippen molar-refractivity contribution in [1.29, 1.82) is 0 Å². The molecule has 0 fully saturated rings. The minimum absolute atomic E-state index is 0.0446. The fraction of sp³-hybridized carbons (Fsp3) is 0.222. The van der Waals surface area contributed by atoms with Gasteiger partial charge in [-0.1, -0.05) is 0 Å². The highest BCUT2D eigenvalue weighted by Gasteiger charge is 2.14. The van der Waals surface area contributed by atoms with E-state index in [4.69, 9.17) is 15.6 Å². The zero-order chi connectivity index (χ0) is 10.7. The van der Waals surface area contributed by atoms with Crippen molar-refractivity contribution in [3.63, 3.8) is 0 Å². The minimum atomic E-state index is -0.807. The largest absolute Gasteiger partial charge is 0.504 e. The number of carbonyl (C=O) groups excluding carboxylic acids is 1. The van der Waals surface area contributed by atoms with Gasteiger partial charge in [0.25, 0.3) is 0 Å². The van der Waals surface area contributed by atoms with E-state index in [0.29, 0.717) is 0 Å². The van der Waals surface area contributed by atoms with Crippen molar-refractivity contribution in [2.45, 2.75) is 0 Å². The molecule has 1 rings (SSSR count). The molecule has 0 bridgehead atoms. The molecule has 0 atom stereocenters. The minimum Gasteiger partial charge on any atom is -0.504 e. The lowest BCUT2D eigenvalue weighted by atomic mass is 10.1. The highest BCUT2D eigenvalue weighted by molar-refractivity contribution is 5.98. The fourth-order valence-corrected chi connectivity index (χ4v) is 1.03. The number of phenols is 1. The summed E-state index contributed by atoms with van der Waals surface area (Å²) in [5.74, 6) is -1.65. The van der Waals surface area contributed by atoms with Crippen LogP contribution in [-0.4, -0.2) is 24.5 Å². The van der Waals surface area contributed by atoms with E-state index in [1.54, 1.807) is 0 Å². The third-order valence-corrected chi connectivity index (χ3v) is 1.75. The first-order valence-electron chi connectivity index (χ1n) is 3.90. The predicted octanol–water partition coefficient (Wildman–Crippen LogP) is 0.681. The Hall–Kier alpha value is -1.62. The third-order valence-electron chi connectivity index (χ3n) is 1.75. The van der Waals surface area contributed by atoms with E-state index in [-0.39, 0.29) is 23.6 Å². The number of methoxy groups -OCH3 is 1. The Balaban J connectivity index is 3.24. The van der Waals surface area contributed by atoms with Crippen molar-refractivity contribution in [3.05, 3.63) is 23.5 Å². The lowest BCUT2D eigenvalue weighted by molar-refractivity contribution is 0.0997. The summed E-state index contributed by atoms with van der Waals surface area (Å²) in [6.45, 7) is -0.287. The number of halogens is 1. The van der Waals surface area contributed by atoms with Gasteiger partial charge in [-0.3, -0.25) is 4.79 Å². The Morgan fingerprint density at radius 3 is 2.79 bits per heavy atom. The van der Waals surface area contributed by atoms with E-state index < -0.39 is 11.6 Å². The van der Waals surface area contributed by atoms with Crippen LogP contribution in [-0.2, 0) is 0 Å². The first-order valence-corrected chi connectivity index (χ1v) is 3.90. The van der Waals surface area contributed by atoms with Crippen molar-refractivity contribution in [3.8, 4) is 11.5 Å². The second-order valence-corrected chi connectivity index (χ2v) is 2.63. The normalized spacial score (nSPS) is 9.93. The van der Waals surface area contributed by atoms with Crippen LogP contribution in [0.15, 0.2) is 12.1 Å². The maximum absolute atomic E-state index is 13.1. The summed E-state index contributed by atoms with van der Waals surface area (Å²) in [5.41, 5.74) is 4.90. The molecule has 0 saturated heterocycles. The predicted molar refractivity (Wildman–Crippen MR) is 48.0 cm³/mol. The van der Waals surface area contributed by atoms with Crippen LogP contribution < -0.4 is 10.5 Å². The van der Waals surface area contributed by atoms with Gasteiger partial charge >= 0.3 is 0 Å². The van der Waals surface area contributed by atoms with Crippen LogP contribution >= 0.6 is 0 Å². The number of rotatable bonds is 3. The number of Topliss-reactive ketones (excluding diaryl/α,β-unsaturated/α-hetero) is 1. The molecule has 0 amide bonds. The Morgan fingerprint density at radius 1 is 1.64 bits per heavy atom. The molecule has 0 aromatic heterocycles. The van der Waals surface area contributed by atoms with Gasteiger partial charge in [-0.2, -0.15) is 0 Å². The zero-order valence-corrected chi connectivity index (χ0v) is 7.58. The van der Waals surface area contributed by atoms with Gasteiger partial charge < -0.3 is 15.6 Å². The lowest BCUT2D eigenvalue weighted by Crippen LogP contribution is -2.15. The number of ether oxygens (including phenoxy) is 1. The van der Waals surface area contributed by atoms with Crippen molar-refractivity contribution in [2.24, 2.45) is 5.73 Å². The van der Waals surface area contributed by atoms with Crippen LogP contribution in [0.2, 0.25) is 0 Å². The van der Waals surface area contributed by atoms with Crippen LogP contribution in [0.5, 0.6) is 11.5 Å². The van der Waals surface area contributed by atoms with Gasteiger partial charge in [0.1, 0.15) is 5.82 Å². The number of carbonyl (C=O) groups is 1. The molecular weight excluding hydrogens is 189 g/mol. The van der Waals surface area contributed by atoms with Crippen molar-refractivity contribution in [1.82, 2.24) is 0 Å². The molecule has 0 heterocycles. The van der Waals surface area contributed by atoms with Gasteiger partial charge in [0, 0.05) is 6.07 Å². The lowest BCUT2D eigenvalue weighted by Gasteiger charge is -2.06. The van der Waals surface area contributed by atoms with Gasteiger partial charge in [-0.15, -0.1) is 0 Å². The average molecular weight is 199 g/mol. The van der Waals surface area contributed by atoms with E-state index in [1.165, 1.54) is 7.11 Å². The smallest absolute Gasteiger partial charge is 0.179 e. The summed E-state index contributed by atoms with van der Waals surface area (Å²) in [6, 6.07) is 1.95. The fourth-order valence-electron chi connectivity index (χ4n) is 1.03. The molecule has 0 aliphatic carbocycles. The summed E-state index contributed by atoms with van der Waals surface area (Å²) in [4.78, 5) is 11.1. The number of benzene rings is 1. The van der Waals surface area contributed by atoms with E-state index >= 15 is 0 Å². The van der Waals surface area contributed by atoms with Crippen LogP contribution in [0.1, 0.15) is 10.4 Å². The van der Waals surface area contributed by atoms with Gasteiger partial charge in [0.15, 0.2) is 17.3 Å². The van der Waals surface area contributed by atoms with E-state index in [0.717, 1.165) is 12.1 Å². The highest BCUT2D eigenvalue weighted by atomic mass is 19.1. The third kappa shape index (κ3) is 1.82. The van der Waals surface area contributed by atoms with Crippen molar-refractivity contribution in [2.75, 3.05) is 13.7 Å². The Bertz CT molecular complexity index is 365. The molecule has 1 aromatic carbocycles. The molecule has 5 heteroatoms. The summed E-state index contributed by atoms with van der Waals surface area (Å²) in [7, 11) is 1.31. The number of ketones is 1. The zero-order valence-electron chi connectivity index (χ0n) is 7.58. The molecule has 3 N–H and O–H groups in total. The molecular formula is C9H10FNO3. The second-order valence-electron chi connectivity index (χ2n) is 2.63. The molecule has 0 unspecified atom stereocenters. The molecule has 76 valence electrons. The maximum Gasteiger partial charge on any atom is 0.179 e. The Labute approximate surface area is 80.1 Å². The molecule has 0 spiro atoms. The van der Waals surface area contributed by atoms with Crippen LogP contribution in [0, 0.1) is 5.82 Å². The van der Waals surface area contributed by atoms with E-state index in [2.05, 4.69) is 0 Å². The highest BCUT2D eigenvalue weighted by Crippen LogP contribution is 2.28. The first kappa shape index (κ1) is 10.5. The molecule has 0 aliphatic heterocycles. The summed E-state index contributed by atoms with van der Waals surface area (Å²) >= 11 is 0. The number of hydrogen-bond acceptors (Lipinski definition) is 4. The molecule has 4 nitrogen and oxygen atoms in total. The Kier molecular flexibility index (Phi) is 3.03. The van der Waals surface area contributed by atoms with Crippen molar-refractivity contribution >= 4 is 5.78 Å². The SMILES string of the molecule is COc1cc(C(=O)CN)c(F)cc1O. The quantitative estimate of drug-likeness (QED) is 0.702. The Morgan fingerprint density at radius 2 is 2.29 bits per heavy atom. The average Bonchev–Trinajstić information content (AvgIpc) is 2.17. The first-order chi connectivity index (χ1) is 6.60. The number of hydrogen-bond donors (Lipinski definition) is 2. The summed E-state index contributed by atoms with van der Waals surface area (Å²) in [5, 5.41) is 9.16. The standard InChI is InChI=1S/C9H10FNO3/c1-14-9-2-5(8(13)4-11)6(10)3-7(9)12/h2-3,12H,4,11H2,1H3. The topological polar surface area (TPSA) is 72.5 Å². The molecule has 0 radical (unpaired) electrons. The van der Waals surface area contributed by atoms with Gasteiger partial charge in [0.2, 0.25) is 0 Å². The van der Waals surface area contributed by atoms with E-state index in [9.17, 15) is 9.18 Å². The van der Waals surface area contributed by atoms with Crippen molar-refractivity contribution < 1.29 is 19.0 Å². The second kappa shape index (κ2) is 4.06. The maximum atomic E-state index is 13.1. The van der Waals surface area contributed by atoms with Crippen LogP contribution in [0.25, 0.3) is 0 Å². The molecule has 1 aromatic rings. The molecule has 0 saturated carbocycles. The number of phenolic OH excluding ortho intramolecular Hbond substituents is 1. The monoisotopic (exact) mass is 199 g/mol. The summed E-state index contributed by atoms with van der Waals surface area (Å²) < 4.78 is 17.8. The number of aromatic hydroxyl groups is 1.